The van der Waals surface area contributed by atoms with Gasteiger partial charge in [0.1, 0.15) is 30.2 Å². The Labute approximate surface area is 222 Å². The van der Waals surface area contributed by atoms with E-state index in [1.165, 1.54) is 12.1 Å². The van der Waals surface area contributed by atoms with E-state index < -0.39 is 73.8 Å². The van der Waals surface area contributed by atoms with Gasteiger partial charge < -0.3 is 54.3 Å². The summed E-state index contributed by atoms with van der Waals surface area (Å²) in [4.78, 5) is 36.8. The molecule has 1 aromatic carbocycles. The Hall–Kier alpha value is -3.53. The van der Waals surface area contributed by atoms with Crippen LogP contribution in [0.5, 0.6) is 5.75 Å². The Morgan fingerprint density at radius 1 is 1.05 bits per heavy atom. The Kier molecular flexibility index (Phi) is 10.4. The number of aliphatic carboxylic acids is 1. The minimum atomic E-state index is -1.83. The summed E-state index contributed by atoms with van der Waals surface area (Å²) in [6.07, 6.45) is -8.56. The van der Waals surface area contributed by atoms with Crippen LogP contribution in [0.15, 0.2) is 47.7 Å². The fourth-order valence-electron chi connectivity index (χ4n) is 4.07. The molecule has 1 aromatic rings. The lowest BCUT2D eigenvalue weighted by Crippen LogP contribution is -2.60. The molecular formula is C25H30O14. The number of aliphatic hydroxyl groups is 4. The van der Waals surface area contributed by atoms with Crippen LogP contribution < -0.4 is 0 Å². The molecule has 14 nitrogen and oxygen atoms in total. The highest BCUT2D eigenvalue weighted by Crippen LogP contribution is 2.36. The number of carboxylic acids is 1. The molecule has 0 amide bonds. The minimum Gasteiger partial charge on any atom is -0.508 e. The standard InChI is InChI=1S/C25H30O14/c1-35-23(34)16-11-37-24(39-25-22(33)21(32)20(31)17(10-26)38-25)15(8-18(28)29)14(16)9-19(30)36-7-6-12-2-4-13(27)5-3-12/h2-5,8,11,14,17,20-22,24-27,31-33H,6-7,9-10H2,1H3,(H,28,29)/t14-,17+,20+,21-,22+,24+,25-/m1/s1. The number of esters is 2. The molecule has 2 heterocycles. The molecule has 0 aliphatic carbocycles. The van der Waals surface area contributed by atoms with Gasteiger partial charge in [-0.15, -0.1) is 0 Å². The lowest BCUT2D eigenvalue weighted by atomic mass is 9.86. The van der Waals surface area contributed by atoms with Crippen LogP contribution in [-0.2, 0) is 44.5 Å². The summed E-state index contributed by atoms with van der Waals surface area (Å²) in [5.74, 6) is -4.36. The number of aliphatic hydroxyl groups excluding tert-OH is 4. The van der Waals surface area contributed by atoms with Gasteiger partial charge in [0.15, 0.2) is 6.29 Å². The van der Waals surface area contributed by atoms with Crippen molar-refractivity contribution < 1.29 is 68.7 Å². The molecule has 1 fully saturated rings. The van der Waals surface area contributed by atoms with Crippen molar-refractivity contribution in [1.82, 2.24) is 0 Å². The maximum absolute atomic E-state index is 12.7. The lowest BCUT2D eigenvalue weighted by Gasteiger charge is -2.41. The molecule has 0 bridgehead atoms. The largest absolute Gasteiger partial charge is 0.508 e. The number of phenolic OH excluding ortho intramolecular Hbond substituents is 1. The predicted molar refractivity (Wildman–Crippen MR) is 126 cm³/mol. The van der Waals surface area contributed by atoms with Crippen LogP contribution >= 0.6 is 0 Å². The molecular weight excluding hydrogens is 524 g/mol. The maximum Gasteiger partial charge on any atom is 0.337 e. The first kappa shape index (κ1) is 30.0. The third-order valence-electron chi connectivity index (χ3n) is 6.15. The number of ether oxygens (including phenoxy) is 5. The van der Waals surface area contributed by atoms with E-state index in [0.29, 0.717) is 12.5 Å². The molecule has 2 aliphatic heterocycles. The number of hydrogen-bond acceptors (Lipinski definition) is 13. The molecule has 7 atom stereocenters. The van der Waals surface area contributed by atoms with Gasteiger partial charge in [0.25, 0.3) is 0 Å². The van der Waals surface area contributed by atoms with Gasteiger partial charge in [0.05, 0.1) is 38.6 Å². The number of carbonyl (C=O) groups is 3. The quantitative estimate of drug-likeness (QED) is 0.147. The van der Waals surface area contributed by atoms with Gasteiger partial charge in [0.2, 0.25) is 6.29 Å². The fraction of sp³-hybridized carbons (Fsp3) is 0.480. The summed E-state index contributed by atoms with van der Waals surface area (Å²) in [7, 11) is 1.08. The van der Waals surface area contributed by atoms with Crippen molar-refractivity contribution in [2.45, 2.75) is 49.8 Å². The van der Waals surface area contributed by atoms with Gasteiger partial charge in [-0.05, 0) is 17.7 Å². The van der Waals surface area contributed by atoms with Gasteiger partial charge in [-0.3, -0.25) is 4.79 Å². The number of methoxy groups -OCH3 is 1. The van der Waals surface area contributed by atoms with Crippen LogP contribution in [0.1, 0.15) is 12.0 Å². The number of rotatable bonds is 10. The second-order valence-corrected chi connectivity index (χ2v) is 8.74. The normalized spacial score (nSPS) is 29.7. The summed E-state index contributed by atoms with van der Waals surface area (Å²) >= 11 is 0. The van der Waals surface area contributed by atoms with Crippen molar-refractivity contribution in [2.24, 2.45) is 5.92 Å². The van der Waals surface area contributed by atoms with Gasteiger partial charge in [-0.2, -0.15) is 0 Å². The Morgan fingerprint density at radius 2 is 1.74 bits per heavy atom. The van der Waals surface area contributed by atoms with Gasteiger partial charge in [0, 0.05) is 24.0 Å². The number of aromatic hydroxyl groups is 1. The first-order chi connectivity index (χ1) is 18.5. The summed E-state index contributed by atoms with van der Waals surface area (Å²) in [6, 6.07) is 6.25. The summed E-state index contributed by atoms with van der Waals surface area (Å²) in [5, 5.41) is 58.6. The van der Waals surface area contributed by atoms with E-state index in [1.807, 2.05) is 0 Å². The molecule has 0 unspecified atom stereocenters. The van der Waals surface area contributed by atoms with Crippen LogP contribution in [0.3, 0.4) is 0 Å². The third kappa shape index (κ3) is 7.53. The van der Waals surface area contributed by atoms with Crippen LogP contribution in [0.4, 0.5) is 0 Å². The average molecular weight is 555 g/mol. The Morgan fingerprint density at radius 3 is 2.36 bits per heavy atom. The Bertz CT molecular complexity index is 1080. The topological polar surface area (TPSA) is 219 Å². The summed E-state index contributed by atoms with van der Waals surface area (Å²) in [6.45, 7) is -0.786. The zero-order valence-corrected chi connectivity index (χ0v) is 20.8. The fourth-order valence-corrected chi connectivity index (χ4v) is 4.07. The second kappa shape index (κ2) is 13.5. The number of carboxylic acid groups (broad SMARTS) is 1. The first-order valence-electron chi connectivity index (χ1n) is 11.8. The number of hydrogen-bond donors (Lipinski definition) is 6. The van der Waals surface area contributed by atoms with Crippen molar-refractivity contribution in [2.75, 3.05) is 20.3 Å². The van der Waals surface area contributed by atoms with Crippen LogP contribution in [0, 0.1) is 5.92 Å². The van der Waals surface area contributed by atoms with E-state index in [-0.39, 0.29) is 23.5 Å². The number of phenols is 1. The Balaban J connectivity index is 1.80. The van der Waals surface area contributed by atoms with Crippen molar-refractivity contribution >= 4 is 17.9 Å². The molecule has 0 saturated carbocycles. The van der Waals surface area contributed by atoms with Gasteiger partial charge in [-0.25, -0.2) is 9.59 Å². The van der Waals surface area contributed by atoms with E-state index in [4.69, 9.17) is 23.7 Å². The first-order valence-corrected chi connectivity index (χ1v) is 11.8. The monoisotopic (exact) mass is 554 g/mol. The molecule has 1 saturated heterocycles. The highest BCUT2D eigenvalue weighted by atomic mass is 16.8. The molecule has 3 rings (SSSR count). The molecule has 6 N–H and O–H groups in total. The predicted octanol–water partition coefficient (Wildman–Crippen LogP) is -1.28. The lowest BCUT2D eigenvalue weighted by molar-refractivity contribution is -0.327. The van der Waals surface area contributed by atoms with Gasteiger partial charge in [-0.1, -0.05) is 12.1 Å². The van der Waals surface area contributed by atoms with E-state index >= 15 is 0 Å². The zero-order chi connectivity index (χ0) is 28.7. The number of carbonyl (C=O) groups excluding carboxylic acids is 2. The van der Waals surface area contributed by atoms with Crippen molar-refractivity contribution in [1.29, 1.82) is 0 Å². The van der Waals surface area contributed by atoms with E-state index in [2.05, 4.69) is 0 Å². The molecule has 0 spiro atoms. The number of benzene rings is 1. The zero-order valence-electron chi connectivity index (χ0n) is 20.8. The van der Waals surface area contributed by atoms with Crippen LogP contribution in [0.25, 0.3) is 0 Å². The minimum absolute atomic E-state index is 0.0487. The molecule has 14 heteroatoms. The van der Waals surface area contributed by atoms with E-state index in [9.17, 15) is 45.0 Å². The third-order valence-corrected chi connectivity index (χ3v) is 6.15. The highest BCUT2D eigenvalue weighted by Gasteiger charge is 2.47. The smallest absolute Gasteiger partial charge is 0.337 e. The highest BCUT2D eigenvalue weighted by molar-refractivity contribution is 5.91. The summed E-state index contributed by atoms with van der Waals surface area (Å²) in [5.41, 5.74) is 0.327. The SMILES string of the molecule is COC(=O)C1=CO[C@@H](O[C@H]2O[C@@H](CO)[C@H](O)[C@@H](O)[C@@H]2O)C(=CC(=O)O)[C@H]1CC(=O)OCCc1ccc(O)cc1. The molecule has 214 valence electrons. The van der Waals surface area contributed by atoms with E-state index in [1.54, 1.807) is 12.1 Å². The molecule has 2 aliphatic rings. The van der Waals surface area contributed by atoms with Crippen molar-refractivity contribution in [3.05, 3.63) is 53.3 Å². The molecule has 39 heavy (non-hydrogen) atoms. The second-order valence-electron chi connectivity index (χ2n) is 8.74. The summed E-state index contributed by atoms with van der Waals surface area (Å²) < 4.78 is 26.2. The van der Waals surface area contributed by atoms with Crippen LogP contribution in [-0.4, -0.2) is 106 Å². The van der Waals surface area contributed by atoms with Crippen molar-refractivity contribution in [3.8, 4) is 5.75 Å². The van der Waals surface area contributed by atoms with Crippen molar-refractivity contribution in [3.63, 3.8) is 0 Å². The molecule has 0 aromatic heterocycles. The van der Waals surface area contributed by atoms with Crippen LogP contribution in [0.2, 0.25) is 0 Å². The van der Waals surface area contributed by atoms with E-state index in [0.717, 1.165) is 18.9 Å². The van der Waals surface area contributed by atoms with Gasteiger partial charge >= 0.3 is 17.9 Å². The molecule has 0 radical (unpaired) electrons. The maximum atomic E-state index is 12.7. The average Bonchev–Trinajstić information content (AvgIpc) is 2.91.